The van der Waals surface area contributed by atoms with Crippen LogP contribution >= 0.6 is 0 Å². The molecule has 5 N–H and O–H groups in total. The van der Waals surface area contributed by atoms with Crippen LogP contribution in [-0.4, -0.2) is 83.6 Å². The van der Waals surface area contributed by atoms with Crippen molar-refractivity contribution < 1.29 is 29.0 Å². The van der Waals surface area contributed by atoms with Crippen molar-refractivity contribution in [1.29, 1.82) is 0 Å². The van der Waals surface area contributed by atoms with Crippen LogP contribution < -0.4 is 10.6 Å². The number of carbonyl (C=O) groups excluding carboxylic acids is 3. The van der Waals surface area contributed by atoms with E-state index in [9.17, 15) is 24.3 Å². The Labute approximate surface area is 355 Å². The second kappa shape index (κ2) is 17.6. The van der Waals surface area contributed by atoms with Crippen molar-refractivity contribution in [2.24, 2.45) is 5.92 Å². The molecule has 1 aliphatic carbocycles. The number of aromatic amines is 2. The standard InChI is InChI=1S/C47H54N8O6/c1-47(2,3)61-46(60)50-35-23-21-34(22-24-35)43(56)54-25-7-11-38(54)41-48-27-36(51-41)31-17-13-29(14-18-31)30-15-19-32(20-16-30)37-28-49-42(52-37)39-12-8-26-55(39)44(57)40(53-45(58)59)33-9-5-4-6-10-33/h4-6,9-10,13-20,27-28,34-35,38-40,53H,7-8,11-12,21-26H2,1-3H3,(H,48,51)(H,49,52)(H,50,60)(H,58,59)/t34-,35+,38-,39-,40+/m0/s1. The smallest absolute Gasteiger partial charge is 0.407 e. The molecule has 0 unspecified atom stereocenters. The van der Waals surface area contributed by atoms with Crippen molar-refractivity contribution in [3.63, 3.8) is 0 Å². The molecule has 0 bridgehead atoms. The number of hydrogen-bond acceptors (Lipinski definition) is 7. The number of likely N-dealkylation sites (tertiary alicyclic amines) is 2. The average molecular weight is 827 g/mol. The van der Waals surface area contributed by atoms with Gasteiger partial charge < -0.3 is 40.2 Å². The number of carboxylic acid groups (broad SMARTS) is 1. The normalized spacial score (nSPS) is 20.9. The number of amides is 4. The minimum absolute atomic E-state index is 0.0184. The van der Waals surface area contributed by atoms with E-state index in [1.165, 1.54) is 0 Å². The summed E-state index contributed by atoms with van der Waals surface area (Å²) in [7, 11) is 0. The molecule has 2 saturated heterocycles. The lowest BCUT2D eigenvalue weighted by Gasteiger charge is -2.33. The molecule has 4 amide bonds. The molecule has 2 aromatic heterocycles. The number of hydrogen-bond donors (Lipinski definition) is 5. The molecule has 14 heteroatoms. The van der Waals surface area contributed by atoms with Crippen LogP contribution in [0.15, 0.2) is 91.3 Å². The van der Waals surface area contributed by atoms with Gasteiger partial charge in [-0.15, -0.1) is 0 Å². The molecule has 3 atom stereocenters. The third kappa shape index (κ3) is 9.48. The maximum absolute atomic E-state index is 13.8. The van der Waals surface area contributed by atoms with E-state index in [4.69, 9.17) is 9.72 Å². The summed E-state index contributed by atoms with van der Waals surface area (Å²) in [6.07, 6.45) is 8.26. The summed E-state index contributed by atoms with van der Waals surface area (Å²) in [4.78, 5) is 71.5. The van der Waals surface area contributed by atoms with Crippen molar-refractivity contribution in [3.05, 3.63) is 108 Å². The van der Waals surface area contributed by atoms with Gasteiger partial charge in [0, 0.05) is 25.0 Å². The minimum atomic E-state index is -1.26. The van der Waals surface area contributed by atoms with Gasteiger partial charge in [0.25, 0.3) is 5.91 Å². The predicted molar refractivity (Wildman–Crippen MR) is 230 cm³/mol. The molecule has 1 saturated carbocycles. The third-order valence-corrected chi connectivity index (χ3v) is 12.1. The molecular formula is C47H54N8O6. The molecule has 8 rings (SSSR count). The molecule has 0 radical (unpaired) electrons. The molecule has 61 heavy (non-hydrogen) atoms. The van der Waals surface area contributed by atoms with Gasteiger partial charge in [0.2, 0.25) is 5.91 Å². The highest BCUT2D eigenvalue weighted by Gasteiger charge is 2.39. The van der Waals surface area contributed by atoms with Crippen LogP contribution in [0.1, 0.15) is 107 Å². The minimum Gasteiger partial charge on any atom is -0.465 e. The molecule has 4 heterocycles. The van der Waals surface area contributed by atoms with Gasteiger partial charge in [-0.1, -0.05) is 78.9 Å². The fraction of sp³-hybridized carbons (Fsp3) is 0.404. The van der Waals surface area contributed by atoms with Crippen LogP contribution in [0.2, 0.25) is 0 Å². The second-order valence-electron chi connectivity index (χ2n) is 17.4. The first-order valence-electron chi connectivity index (χ1n) is 21.4. The number of rotatable bonds is 10. The van der Waals surface area contributed by atoms with E-state index in [-0.39, 0.29) is 35.9 Å². The van der Waals surface area contributed by atoms with Crippen molar-refractivity contribution >= 4 is 24.0 Å². The van der Waals surface area contributed by atoms with Gasteiger partial charge in [-0.25, -0.2) is 19.6 Å². The summed E-state index contributed by atoms with van der Waals surface area (Å²) < 4.78 is 5.42. The Morgan fingerprint density at radius 1 is 0.705 bits per heavy atom. The van der Waals surface area contributed by atoms with E-state index in [1.54, 1.807) is 35.4 Å². The number of nitrogens with one attached hydrogen (secondary N) is 4. The van der Waals surface area contributed by atoms with Gasteiger partial charge in [-0.2, -0.15) is 0 Å². The molecule has 2 aliphatic heterocycles. The Kier molecular flexibility index (Phi) is 12.0. The highest BCUT2D eigenvalue weighted by Crippen LogP contribution is 2.37. The van der Waals surface area contributed by atoms with Gasteiger partial charge in [-0.3, -0.25) is 9.59 Å². The topological polar surface area (TPSA) is 186 Å². The molecule has 318 valence electrons. The monoisotopic (exact) mass is 826 g/mol. The maximum atomic E-state index is 13.8. The van der Waals surface area contributed by atoms with Crippen LogP contribution in [0, 0.1) is 5.92 Å². The van der Waals surface area contributed by atoms with Crippen molar-refractivity contribution in [2.45, 2.75) is 102 Å². The molecule has 3 aromatic carbocycles. The zero-order valence-corrected chi connectivity index (χ0v) is 34.9. The number of imidazole rings is 2. The van der Waals surface area contributed by atoms with Gasteiger partial charge in [-0.05, 0) is 100.0 Å². The Morgan fingerprint density at radius 3 is 1.74 bits per heavy atom. The van der Waals surface area contributed by atoms with E-state index in [1.807, 2.05) is 50.1 Å². The largest absolute Gasteiger partial charge is 0.465 e. The van der Waals surface area contributed by atoms with Crippen molar-refractivity contribution in [1.82, 2.24) is 40.4 Å². The van der Waals surface area contributed by atoms with Gasteiger partial charge in [0.05, 0.1) is 35.9 Å². The first-order valence-corrected chi connectivity index (χ1v) is 21.4. The average Bonchev–Trinajstić information content (AvgIpc) is 4.10. The molecular weight excluding hydrogens is 773 g/mol. The number of carbonyl (C=O) groups is 4. The molecule has 5 aromatic rings. The van der Waals surface area contributed by atoms with E-state index < -0.39 is 23.8 Å². The van der Waals surface area contributed by atoms with Crippen LogP contribution in [0.3, 0.4) is 0 Å². The maximum Gasteiger partial charge on any atom is 0.407 e. The first-order chi connectivity index (χ1) is 29.4. The van der Waals surface area contributed by atoms with Crippen LogP contribution in [0.4, 0.5) is 9.59 Å². The molecule has 14 nitrogen and oxygen atoms in total. The highest BCUT2D eigenvalue weighted by atomic mass is 16.6. The van der Waals surface area contributed by atoms with Gasteiger partial charge in [0.15, 0.2) is 0 Å². The molecule has 0 spiro atoms. The number of aromatic nitrogens is 4. The first kappa shape index (κ1) is 41.3. The Balaban J connectivity index is 0.873. The number of alkyl carbamates (subject to hydrolysis) is 1. The molecule has 3 fully saturated rings. The zero-order chi connectivity index (χ0) is 42.7. The van der Waals surface area contributed by atoms with E-state index in [0.717, 1.165) is 90.8 Å². The number of benzene rings is 3. The zero-order valence-electron chi connectivity index (χ0n) is 34.9. The number of H-pyrrole nitrogens is 2. The van der Waals surface area contributed by atoms with Gasteiger partial charge >= 0.3 is 12.2 Å². The van der Waals surface area contributed by atoms with Crippen molar-refractivity contribution in [3.8, 4) is 33.6 Å². The lowest BCUT2D eigenvalue weighted by atomic mass is 9.85. The summed E-state index contributed by atoms with van der Waals surface area (Å²) in [5.74, 6) is 1.30. The number of ether oxygens (including phenoxy) is 1. The summed E-state index contributed by atoms with van der Waals surface area (Å²) in [6.45, 7) is 6.78. The van der Waals surface area contributed by atoms with Gasteiger partial charge in [0.1, 0.15) is 23.3 Å². The summed E-state index contributed by atoms with van der Waals surface area (Å²) >= 11 is 0. The third-order valence-electron chi connectivity index (χ3n) is 12.1. The fourth-order valence-corrected chi connectivity index (χ4v) is 9.04. The number of nitrogens with zero attached hydrogens (tertiary/aromatic N) is 4. The molecule has 3 aliphatic rings. The highest BCUT2D eigenvalue weighted by molar-refractivity contribution is 5.87. The predicted octanol–water partition coefficient (Wildman–Crippen LogP) is 8.55. The Morgan fingerprint density at radius 2 is 1.21 bits per heavy atom. The van der Waals surface area contributed by atoms with Crippen LogP contribution in [0.25, 0.3) is 33.6 Å². The lowest BCUT2D eigenvalue weighted by Crippen LogP contribution is -2.43. The van der Waals surface area contributed by atoms with Crippen LogP contribution in [0.5, 0.6) is 0 Å². The Hall–Kier alpha value is -6.44. The summed E-state index contributed by atoms with van der Waals surface area (Å²) in [5, 5.41) is 14.9. The van der Waals surface area contributed by atoms with Crippen molar-refractivity contribution in [2.75, 3.05) is 13.1 Å². The van der Waals surface area contributed by atoms with E-state index in [2.05, 4.69) is 62.0 Å². The van der Waals surface area contributed by atoms with Crippen LogP contribution in [-0.2, 0) is 14.3 Å². The summed E-state index contributed by atoms with van der Waals surface area (Å²) in [6, 6.07) is 24.1. The quantitative estimate of drug-likeness (QED) is 0.0927. The fourth-order valence-electron chi connectivity index (χ4n) is 9.04. The Bertz CT molecular complexity index is 2330. The SMILES string of the molecule is CC(C)(C)OC(=O)N[C@H]1CC[C@@H](C(=O)N2CCC[C@H]2c2ncc(-c3ccc(-c4ccc(-c5cnc([C@@H]6CCCN6C(=O)[C@H](NC(=O)O)c6ccccc6)[nH]5)cc4)cc3)[nH]2)CC1. The summed E-state index contributed by atoms with van der Waals surface area (Å²) in [5.41, 5.74) is 5.85. The second-order valence-corrected chi connectivity index (χ2v) is 17.4. The van der Waals surface area contributed by atoms with E-state index in [0.29, 0.717) is 24.5 Å². The van der Waals surface area contributed by atoms with E-state index >= 15 is 0 Å². The lowest BCUT2D eigenvalue weighted by molar-refractivity contribution is -0.138.